The molecule has 7 heteroatoms. The number of alkyl halides is 3. The van der Waals surface area contributed by atoms with E-state index in [1.165, 1.54) is 6.07 Å². The number of rotatable bonds is 5. The Balaban J connectivity index is 2.61. The van der Waals surface area contributed by atoms with E-state index in [0.717, 1.165) is 5.56 Å². The van der Waals surface area contributed by atoms with Crippen molar-refractivity contribution in [2.45, 2.75) is 25.9 Å². The molecule has 18 heavy (non-hydrogen) atoms. The summed E-state index contributed by atoms with van der Waals surface area (Å²) in [5.74, 6) is 0. The first-order valence-electron chi connectivity index (χ1n) is 5.35. The molecule has 0 saturated carbocycles. The van der Waals surface area contributed by atoms with E-state index >= 15 is 0 Å². The largest absolute Gasteiger partial charge is 0.389 e. The predicted molar refractivity (Wildman–Crippen MR) is 61.6 cm³/mol. The molecule has 0 aliphatic carbocycles. The van der Waals surface area contributed by atoms with E-state index in [9.17, 15) is 23.3 Å². The first-order valence-corrected chi connectivity index (χ1v) is 5.35. The van der Waals surface area contributed by atoms with Gasteiger partial charge in [0.05, 0.1) is 4.92 Å². The van der Waals surface area contributed by atoms with Gasteiger partial charge in [-0.25, -0.2) is 0 Å². The van der Waals surface area contributed by atoms with Crippen molar-refractivity contribution >= 4 is 11.4 Å². The third kappa shape index (κ3) is 4.60. The van der Waals surface area contributed by atoms with Crippen molar-refractivity contribution in [3.63, 3.8) is 0 Å². The zero-order chi connectivity index (χ0) is 13.8. The minimum Gasteiger partial charge on any atom is -0.379 e. The second-order valence-corrected chi connectivity index (χ2v) is 3.92. The standard InChI is InChI=1S/C11H13F3N2O2/c1-8-3-4-10(16(17)18)9(7-8)15-6-2-5-11(12,13)14/h3-4,7,15H,2,5-6H2,1H3. The normalized spacial score (nSPS) is 11.3. The molecule has 1 N–H and O–H groups in total. The van der Waals surface area contributed by atoms with Crippen molar-refractivity contribution in [2.24, 2.45) is 0 Å². The molecule has 0 radical (unpaired) electrons. The van der Waals surface area contributed by atoms with Crippen molar-refractivity contribution in [1.29, 1.82) is 0 Å². The third-order valence-corrected chi connectivity index (χ3v) is 2.30. The van der Waals surface area contributed by atoms with Gasteiger partial charge in [-0.05, 0) is 25.0 Å². The van der Waals surface area contributed by atoms with Gasteiger partial charge in [-0.3, -0.25) is 10.1 Å². The summed E-state index contributed by atoms with van der Waals surface area (Å²) in [6, 6.07) is 4.46. The van der Waals surface area contributed by atoms with Crippen LogP contribution in [0, 0.1) is 17.0 Å². The van der Waals surface area contributed by atoms with Crippen LogP contribution in [0.1, 0.15) is 18.4 Å². The second-order valence-electron chi connectivity index (χ2n) is 3.92. The summed E-state index contributed by atoms with van der Waals surface area (Å²) in [5.41, 5.74) is 0.925. The number of benzene rings is 1. The Morgan fingerprint density at radius 2 is 2.06 bits per heavy atom. The highest BCUT2D eigenvalue weighted by Crippen LogP contribution is 2.26. The number of hydrogen-bond acceptors (Lipinski definition) is 3. The van der Waals surface area contributed by atoms with Gasteiger partial charge in [0.15, 0.2) is 0 Å². The highest BCUT2D eigenvalue weighted by Gasteiger charge is 2.26. The second kappa shape index (κ2) is 5.70. The Bertz CT molecular complexity index is 433. The van der Waals surface area contributed by atoms with Gasteiger partial charge in [-0.2, -0.15) is 13.2 Å². The number of anilines is 1. The van der Waals surface area contributed by atoms with Crippen LogP contribution in [0.25, 0.3) is 0 Å². The van der Waals surface area contributed by atoms with E-state index in [1.54, 1.807) is 19.1 Å². The molecule has 0 unspecified atom stereocenters. The van der Waals surface area contributed by atoms with Crippen molar-refractivity contribution < 1.29 is 18.1 Å². The molecule has 1 aromatic rings. The number of aryl methyl sites for hydroxylation is 1. The quantitative estimate of drug-likeness (QED) is 0.500. The molecule has 0 atom stereocenters. The Labute approximate surface area is 102 Å². The lowest BCUT2D eigenvalue weighted by molar-refractivity contribution is -0.384. The molecule has 0 fully saturated rings. The van der Waals surface area contributed by atoms with E-state index in [1.807, 2.05) is 0 Å². The predicted octanol–water partition coefficient (Wildman–Crippen LogP) is 3.66. The lowest BCUT2D eigenvalue weighted by atomic mass is 10.2. The molecule has 0 aliphatic rings. The van der Waals surface area contributed by atoms with Gasteiger partial charge in [0.25, 0.3) is 5.69 Å². The fourth-order valence-corrected chi connectivity index (χ4v) is 1.46. The van der Waals surface area contributed by atoms with Gasteiger partial charge in [-0.1, -0.05) is 6.07 Å². The Morgan fingerprint density at radius 3 is 2.61 bits per heavy atom. The number of nitrogens with zero attached hydrogens (tertiary/aromatic N) is 1. The summed E-state index contributed by atoms with van der Waals surface area (Å²) in [6.07, 6.45) is -5.21. The van der Waals surface area contributed by atoms with Crippen molar-refractivity contribution in [3.05, 3.63) is 33.9 Å². The van der Waals surface area contributed by atoms with Gasteiger partial charge >= 0.3 is 6.18 Å². The van der Waals surface area contributed by atoms with Crippen LogP contribution in [0.4, 0.5) is 24.5 Å². The number of nitro benzene ring substituents is 1. The third-order valence-electron chi connectivity index (χ3n) is 2.30. The van der Waals surface area contributed by atoms with E-state index < -0.39 is 17.5 Å². The maximum Gasteiger partial charge on any atom is 0.389 e. The zero-order valence-electron chi connectivity index (χ0n) is 9.75. The van der Waals surface area contributed by atoms with Gasteiger partial charge in [-0.15, -0.1) is 0 Å². The van der Waals surface area contributed by atoms with Crippen LogP contribution < -0.4 is 5.32 Å². The molecule has 0 spiro atoms. The average molecular weight is 262 g/mol. The number of hydrogen-bond donors (Lipinski definition) is 1. The molecule has 0 saturated heterocycles. The molecule has 0 aromatic heterocycles. The molecule has 0 bridgehead atoms. The van der Waals surface area contributed by atoms with Crippen LogP contribution in [-0.2, 0) is 0 Å². The lowest BCUT2D eigenvalue weighted by Crippen LogP contribution is -2.11. The highest BCUT2D eigenvalue weighted by molar-refractivity contribution is 5.62. The monoisotopic (exact) mass is 262 g/mol. The summed E-state index contributed by atoms with van der Waals surface area (Å²) in [7, 11) is 0. The SMILES string of the molecule is Cc1ccc([N+](=O)[O-])c(NCCCC(F)(F)F)c1. The van der Waals surface area contributed by atoms with Gasteiger partial charge in [0, 0.05) is 19.0 Å². The average Bonchev–Trinajstić information content (AvgIpc) is 2.22. The maximum atomic E-state index is 11.9. The lowest BCUT2D eigenvalue weighted by Gasteiger charge is -2.09. The molecule has 0 heterocycles. The molecule has 4 nitrogen and oxygen atoms in total. The van der Waals surface area contributed by atoms with Gasteiger partial charge in [0.1, 0.15) is 5.69 Å². The first kappa shape index (κ1) is 14.3. The highest BCUT2D eigenvalue weighted by atomic mass is 19.4. The molecule has 1 aromatic carbocycles. The molecule has 0 aliphatic heterocycles. The van der Waals surface area contributed by atoms with Crippen molar-refractivity contribution in [2.75, 3.05) is 11.9 Å². The zero-order valence-corrected chi connectivity index (χ0v) is 9.75. The van der Waals surface area contributed by atoms with Crippen LogP contribution in [0.15, 0.2) is 18.2 Å². The Kier molecular flexibility index (Phi) is 4.52. The molecular formula is C11H13F3N2O2. The fraction of sp³-hybridized carbons (Fsp3) is 0.455. The van der Waals surface area contributed by atoms with E-state index in [-0.39, 0.29) is 24.3 Å². The van der Waals surface area contributed by atoms with Crippen molar-refractivity contribution in [1.82, 2.24) is 0 Å². The van der Waals surface area contributed by atoms with E-state index in [4.69, 9.17) is 0 Å². The number of halogens is 3. The summed E-state index contributed by atoms with van der Waals surface area (Å²) < 4.78 is 35.8. The summed E-state index contributed by atoms with van der Waals surface area (Å²) >= 11 is 0. The summed E-state index contributed by atoms with van der Waals surface area (Å²) in [5, 5.41) is 13.4. The minimum atomic E-state index is -4.19. The van der Waals surface area contributed by atoms with Crippen LogP contribution in [0.5, 0.6) is 0 Å². The van der Waals surface area contributed by atoms with Crippen LogP contribution in [-0.4, -0.2) is 17.6 Å². The van der Waals surface area contributed by atoms with Gasteiger partial charge < -0.3 is 5.32 Å². The number of nitro groups is 1. The Hall–Kier alpha value is -1.79. The van der Waals surface area contributed by atoms with Gasteiger partial charge in [0.2, 0.25) is 0 Å². The van der Waals surface area contributed by atoms with E-state index in [0.29, 0.717) is 0 Å². The molecule has 0 amide bonds. The summed E-state index contributed by atoms with van der Waals surface area (Å²) in [4.78, 5) is 10.1. The topological polar surface area (TPSA) is 55.2 Å². The Morgan fingerprint density at radius 1 is 1.39 bits per heavy atom. The van der Waals surface area contributed by atoms with Crippen LogP contribution >= 0.6 is 0 Å². The first-order chi connectivity index (χ1) is 8.29. The molecule has 1 rings (SSSR count). The maximum absolute atomic E-state index is 11.9. The van der Waals surface area contributed by atoms with E-state index in [2.05, 4.69) is 5.32 Å². The van der Waals surface area contributed by atoms with Crippen LogP contribution in [0.3, 0.4) is 0 Å². The smallest absolute Gasteiger partial charge is 0.379 e. The molecule has 100 valence electrons. The van der Waals surface area contributed by atoms with Crippen molar-refractivity contribution in [3.8, 4) is 0 Å². The fourth-order valence-electron chi connectivity index (χ4n) is 1.46. The number of nitrogens with one attached hydrogen (secondary N) is 1. The minimum absolute atomic E-state index is 0.0454. The van der Waals surface area contributed by atoms with Crippen LogP contribution in [0.2, 0.25) is 0 Å². The molecular weight excluding hydrogens is 249 g/mol. The summed E-state index contributed by atoms with van der Waals surface area (Å²) in [6.45, 7) is 1.80.